The second-order valence-corrected chi connectivity index (χ2v) is 3.84. The number of rotatable bonds is 2. The van der Waals surface area contributed by atoms with E-state index in [-0.39, 0.29) is 5.69 Å². The molecule has 0 amide bonds. The lowest BCUT2D eigenvalue weighted by molar-refractivity contribution is 0.412. The number of aromatic amines is 1. The Hall–Kier alpha value is -1.87. The summed E-state index contributed by atoms with van der Waals surface area (Å²) in [5, 5.41) is 18.9. The summed E-state index contributed by atoms with van der Waals surface area (Å²) < 4.78 is 5.92. The molecule has 80 valence electrons. The fourth-order valence-electron chi connectivity index (χ4n) is 1.32. The van der Waals surface area contributed by atoms with Crippen LogP contribution in [0.5, 0.6) is 5.75 Å². The van der Waals surface area contributed by atoms with Crippen molar-refractivity contribution in [2.75, 3.05) is 7.11 Å². The zero-order valence-corrected chi connectivity index (χ0v) is 9.95. The molecule has 6 heteroatoms. The predicted molar refractivity (Wildman–Crippen MR) is 60.8 cm³/mol. The van der Waals surface area contributed by atoms with Gasteiger partial charge in [-0.3, -0.25) is 0 Å². The Bertz CT molecular complexity index is 558. The van der Waals surface area contributed by atoms with E-state index in [4.69, 9.17) is 10.00 Å². The molecule has 0 aliphatic heterocycles. The molecule has 0 bridgehead atoms. The molecule has 0 saturated carbocycles. The first kappa shape index (κ1) is 10.6. The Morgan fingerprint density at radius 3 is 2.88 bits per heavy atom. The van der Waals surface area contributed by atoms with Gasteiger partial charge in [0, 0.05) is 5.56 Å². The van der Waals surface area contributed by atoms with Crippen LogP contribution in [0, 0.1) is 11.3 Å². The van der Waals surface area contributed by atoms with E-state index >= 15 is 0 Å². The smallest absolute Gasteiger partial charge is 0.190 e. The molecule has 0 atom stereocenters. The fourth-order valence-corrected chi connectivity index (χ4v) is 1.86. The summed E-state index contributed by atoms with van der Waals surface area (Å²) >= 11 is 3.37. The molecule has 0 spiro atoms. The first-order chi connectivity index (χ1) is 7.76. The number of nitrogens with zero attached hydrogens (tertiary/aromatic N) is 3. The molecule has 2 rings (SSSR count). The standard InChI is InChI=1S/C10H7BrN4O/c1-16-9-3-2-6(4-7(9)11)10-8(5-12)13-15-14-10/h2-4H,1H3,(H,13,14,15). The molecular formula is C10H7BrN4O. The SMILES string of the molecule is COc1ccc(-c2n[nH]nc2C#N)cc1Br. The first-order valence-corrected chi connectivity index (χ1v) is 5.20. The summed E-state index contributed by atoms with van der Waals surface area (Å²) in [6, 6.07) is 7.42. The topological polar surface area (TPSA) is 74.6 Å². The number of nitriles is 1. The molecule has 0 aliphatic rings. The molecule has 1 N–H and O–H groups in total. The minimum absolute atomic E-state index is 0.275. The van der Waals surface area contributed by atoms with E-state index in [0.717, 1.165) is 15.8 Å². The summed E-state index contributed by atoms with van der Waals surface area (Å²) in [5.41, 5.74) is 1.61. The van der Waals surface area contributed by atoms with E-state index in [1.165, 1.54) is 0 Å². The quantitative estimate of drug-likeness (QED) is 0.913. The van der Waals surface area contributed by atoms with Crippen LogP contribution in [0.1, 0.15) is 5.69 Å². The van der Waals surface area contributed by atoms with Crippen molar-refractivity contribution in [2.45, 2.75) is 0 Å². The molecule has 0 radical (unpaired) electrons. The van der Waals surface area contributed by atoms with E-state index < -0.39 is 0 Å². The van der Waals surface area contributed by atoms with Crippen LogP contribution < -0.4 is 4.74 Å². The van der Waals surface area contributed by atoms with E-state index in [9.17, 15) is 0 Å². The highest BCUT2D eigenvalue weighted by Crippen LogP contribution is 2.30. The summed E-state index contributed by atoms with van der Waals surface area (Å²) in [6.45, 7) is 0. The van der Waals surface area contributed by atoms with Gasteiger partial charge in [-0.1, -0.05) is 0 Å². The van der Waals surface area contributed by atoms with Crippen LogP contribution in [-0.2, 0) is 0 Å². The number of nitrogens with one attached hydrogen (secondary N) is 1. The third-order valence-electron chi connectivity index (χ3n) is 2.08. The number of hydrogen-bond donors (Lipinski definition) is 1. The minimum Gasteiger partial charge on any atom is -0.496 e. The van der Waals surface area contributed by atoms with Gasteiger partial charge in [0.15, 0.2) is 5.69 Å². The second-order valence-electron chi connectivity index (χ2n) is 2.98. The number of methoxy groups -OCH3 is 1. The summed E-state index contributed by atoms with van der Waals surface area (Å²) in [7, 11) is 1.59. The van der Waals surface area contributed by atoms with Gasteiger partial charge in [0.1, 0.15) is 17.5 Å². The van der Waals surface area contributed by atoms with E-state index in [1.807, 2.05) is 18.2 Å². The van der Waals surface area contributed by atoms with E-state index in [2.05, 4.69) is 31.3 Å². The lowest BCUT2D eigenvalue weighted by atomic mass is 10.1. The summed E-state index contributed by atoms with van der Waals surface area (Å²) in [4.78, 5) is 0. The highest BCUT2D eigenvalue weighted by atomic mass is 79.9. The minimum atomic E-state index is 0.275. The Morgan fingerprint density at radius 2 is 2.25 bits per heavy atom. The van der Waals surface area contributed by atoms with Crippen LogP contribution in [0.25, 0.3) is 11.3 Å². The third-order valence-corrected chi connectivity index (χ3v) is 2.70. The highest BCUT2D eigenvalue weighted by molar-refractivity contribution is 9.10. The lowest BCUT2D eigenvalue weighted by Gasteiger charge is -2.04. The molecule has 16 heavy (non-hydrogen) atoms. The zero-order chi connectivity index (χ0) is 11.5. The van der Waals surface area contributed by atoms with Gasteiger partial charge < -0.3 is 4.74 Å². The fraction of sp³-hybridized carbons (Fsp3) is 0.100. The van der Waals surface area contributed by atoms with Crippen molar-refractivity contribution in [3.8, 4) is 23.1 Å². The van der Waals surface area contributed by atoms with Crippen molar-refractivity contribution in [1.29, 1.82) is 5.26 Å². The highest BCUT2D eigenvalue weighted by Gasteiger charge is 2.11. The Balaban J connectivity index is 2.50. The van der Waals surface area contributed by atoms with Crippen LogP contribution >= 0.6 is 15.9 Å². The van der Waals surface area contributed by atoms with E-state index in [1.54, 1.807) is 13.2 Å². The van der Waals surface area contributed by atoms with Crippen molar-refractivity contribution in [2.24, 2.45) is 0 Å². The average molecular weight is 279 g/mol. The van der Waals surface area contributed by atoms with Gasteiger partial charge in [-0.05, 0) is 34.1 Å². The van der Waals surface area contributed by atoms with Crippen molar-refractivity contribution in [3.05, 3.63) is 28.4 Å². The number of halogens is 1. The van der Waals surface area contributed by atoms with Gasteiger partial charge in [0.05, 0.1) is 11.6 Å². The molecule has 1 aromatic carbocycles. The van der Waals surface area contributed by atoms with E-state index in [0.29, 0.717) is 5.69 Å². The number of H-pyrrole nitrogens is 1. The first-order valence-electron chi connectivity index (χ1n) is 4.41. The maximum absolute atomic E-state index is 8.83. The number of hydrogen-bond acceptors (Lipinski definition) is 4. The molecule has 0 saturated heterocycles. The van der Waals surface area contributed by atoms with Gasteiger partial charge >= 0.3 is 0 Å². The van der Waals surface area contributed by atoms with Gasteiger partial charge in [-0.25, -0.2) is 0 Å². The zero-order valence-electron chi connectivity index (χ0n) is 8.36. The second kappa shape index (κ2) is 4.33. The van der Waals surface area contributed by atoms with Gasteiger partial charge in [-0.2, -0.15) is 15.6 Å². The van der Waals surface area contributed by atoms with Crippen LogP contribution in [0.15, 0.2) is 22.7 Å². The van der Waals surface area contributed by atoms with Gasteiger partial charge in [0.25, 0.3) is 0 Å². The van der Waals surface area contributed by atoms with Gasteiger partial charge in [0.2, 0.25) is 0 Å². The molecule has 1 aromatic heterocycles. The molecule has 0 aliphatic carbocycles. The number of ether oxygens (including phenoxy) is 1. The predicted octanol–water partition coefficient (Wildman–Crippen LogP) is 2.11. The normalized spacial score (nSPS) is 9.81. The number of benzene rings is 1. The lowest BCUT2D eigenvalue weighted by Crippen LogP contribution is -1.87. The van der Waals surface area contributed by atoms with Gasteiger partial charge in [-0.15, -0.1) is 5.10 Å². The van der Waals surface area contributed by atoms with Crippen molar-refractivity contribution >= 4 is 15.9 Å². The monoisotopic (exact) mass is 278 g/mol. The number of aromatic nitrogens is 3. The summed E-state index contributed by atoms with van der Waals surface area (Å²) in [6.07, 6.45) is 0. The molecule has 1 heterocycles. The molecule has 0 unspecified atom stereocenters. The largest absolute Gasteiger partial charge is 0.496 e. The Kier molecular flexibility index (Phi) is 2.88. The summed E-state index contributed by atoms with van der Waals surface area (Å²) in [5.74, 6) is 0.728. The molecule has 5 nitrogen and oxygen atoms in total. The Labute approximate surface area is 100 Å². The molecule has 0 fully saturated rings. The molecule has 2 aromatic rings. The molecular weight excluding hydrogens is 272 g/mol. The maximum Gasteiger partial charge on any atom is 0.190 e. The van der Waals surface area contributed by atoms with Crippen LogP contribution in [0.3, 0.4) is 0 Å². The van der Waals surface area contributed by atoms with Crippen molar-refractivity contribution in [1.82, 2.24) is 15.4 Å². The maximum atomic E-state index is 8.83. The van der Waals surface area contributed by atoms with Crippen molar-refractivity contribution < 1.29 is 4.74 Å². The van der Waals surface area contributed by atoms with Crippen LogP contribution in [0.4, 0.5) is 0 Å². The average Bonchev–Trinajstić information content (AvgIpc) is 2.77. The van der Waals surface area contributed by atoms with Crippen LogP contribution in [-0.4, -0.2) is 22.5 Å². The van der Waals surface area contributed by atoms with Crippen molar-refractivity contribution in [3.63, 3.8) is 0 Å². The third kappa shape index (κ3) is 1.77. The Morgan fingerprint density at radius 1 is 1.44 bits per heavy atom. The van der Waals surface area contributed by atoms with Crippen LogP contribution in [0.2, 0.25) is 0 Å².